The highest BCUT2D eigenvalue weighted by atomic mass is 19.4. The molecule has 0 aliphatic carbocycles. The molecule has 0 aliphatic rings. The number of hydrogen-bond acceptors (Lipinski definition) is 4. The molecule has 4 aromatic rings. The zero-order valence-corrected chi connectivity index (χ0v) is 16.6. The van der Waals surface area contributed by atoms with Crippen LogP contribution in [0.5, 0.6) is 0 Å². The number of halogens is 3. The van der Waals surface area contributed by atoms with Crippen LogP contribution < -0.4 is 10.6 Å². The van der Waals surface area contributed by atoms with Gasteiger partial charge >= 0.3 is 6.18 Å². The van der Waals surface area contributed by atoms with Crippen LogP contribution in [-0.4, -0.2) is 9.97 Å². The zero-order valence-electron chi connectivity index (χ0n) is 16.6. The van der Waals surface area contributed by atoms with Gasteiger partial charge in [0.25, 0.3) is 0 Å². The van der Waals surface area contributed by atoms with Gasteiger partial charge in [0.1, 0.15) is 12.1 Å². The molecule has 2 N–H and O–H groups in total. The molecule has 0 saturated carbocycles. The number of aryl methyl sites for hydroxylation is 1. The zero-order chi connectivity index (χ0) is 21.8. The molecule has 0 fully saturated rings. The summed E-state index contributed by atoms with van der Waals surface area (Å²) < 4.78 is 38.3. The van der Waals surface area contributed by atoms with E-state index in [2.05, 4.69) is 20.6 Å². The van der Waals surface area contributed by atoms with E-state index in [1.165, 1.54) is 18.5 Å². The molecule has 7 heteroatoms. The molecule has 0 saturated heterocycles. The maximum Gasteiger partial charge on any atom is 0.416 e. The lowest BCUT2D eigenvalue weighted by molar-refractivity contribution is -0.137. The fourth-order valence-corrected chi connectivity index (χ4v) is 3.14. The summed E-state index contributed by atoms with van der Waals surface area (Å²) in [6.45, 7) is 2.03. The molecule has 0 amide bonds. The Labute approximate surface area is 177 Å². The van der Waals surface area contributed by atoms with Gasteiger partial charge in [-0.05, 0) is 48.9 Å². The third-order valence-corrected chi connectivity index (χ3v) is 4.77. The Balaban J connectivity index is 1.60. The molecule has 1 aromatic heterocycles. The molecular formula is C24H19F3N4. The van der Waals surface area contributed by atoms with Crippen LogP contribution in [0.2, 0.25) is 0 Å². The molecule has 0 aliphatic heterocycles. The SMILES string of the molecule is Cc1ccccc1Nc1ccccc1-c1cc(Nc2ccc(C(F)(F)F)cc2)ncn1. The van der Waals surface area contributed by atoms with Crippen LogP contribution in [0.4, 0.5) is 36.1 Å². The lowest BCUT2D eigenvalue weighted by Gasteiger charge is -2.14. The third-order valence-electron chi connectivity index (χ3n) is 4.77. The normalized spacial score (nSPS) is 11.2. The van der Waals surface area contributed by atoms with Gasteiger partial charge in [0.15, 0.2) is 0 Å². The highest BCUT2D eigenvalue weighted by molar-refractivity contribution is 5.80. The van der Waals surface area contributed by atoms with E-state index in [-0.39, 0.29) is 0 Å². The first kappa shape index (κ1) is 20.4. The predicted molar refractivity (Wildman–Crippen MR) is 117 cm³/mol. The number of nitrogens with one attached hydrogen (secondary N) is 2. The number of anilines is 4. The average Bonchev–Trinajstić information content (AvgIpc) is 2.76. The Morgan fingerprint density at radius 2 is 1.42 bits per heavy atom. The van der Waals surface area contributed by atoms with Crippen LogP contribution in [0, 0.1) is 6.92 Å². The van der Waals surface area contributed by atoms with Crippen LogP contribution in [0.1, 0.15) is 11.1 Å². The van der Waals surface area contributed by atoms with E-state index in [1.54, 1.807) is 6.07 Å². The minimum absolute atomic E-state index is 0.482. The lowest BCUT2D eigenvalue weighted by atomic mass is 10.1. The van der Waals surface area contributed by atoms with Crippen molar-refractivity contribution in [3.8, 4) is 11.3 Å². The molecule has 0 spiro atoms. The summed E-state index contributed by atoms with van der Waals surface area (Å²) in [6.07, 6.45) is -2.94. The van der Waals surface area contributed by atoms with E-state index in [1.807, 2.05) is 55.5 Å². The maximum atomic E-state index is 12.8. The number of aromatic nitrogens is 2. The van der Waals surface area contributed by atoms with E-state index >= 15 is 0 Å². The van der Waals surface area contributed by atoms with Crippen molar-refractivity contribution in [1.29, 1.82) is 0 Å². The smallest absolute Gasteiger partial charge is 0.355 e. The van der Waals surface area contributed by atoms with Gasteiger partial charge in [-0.3, -0.25) is 0 Å². The number of rotatable bonds is 5. The van der Waals surface area contributed by atoms with Crippen LogP contribution >= 0.6 is 0 Å². The second-order valence-corrected chi connectivity index (χ2v) is 6.97. The van der Waals surface area contributed by atoms with Crippen molar-refractivity contribution in [3.05, 3.63) is 96.3 Å². The van der Waals surface area contributed by atoms with Crippen molar-refractivity contribution in [2.45, 2.75) is 13.1 Å². The Morgan fingerprint density at radius 1 is 0.742 bits per heavy atom. The first-order chi connectivity index (χ1) is 14.9. The third kappa shape index (κ3) is 4.83. The van der Waals surface area contributed by atoms with E-state index < -0.39 is 11.7 Å². The molecule has 31 heavy (non-hydrogen) atoms. The van der Waals surface area contributed by atoms with Gasteiger partial charge in [-0.2, -0.15) is 13.2 Å². The molecule has 0 unspecified atom stereocenters. The second kappa shape index (κ2) is 8.47. The molecule has 3 aromatic carbocycles. The van der Waals surface area contributed by atoms with Crippen molar-refractivity contribution < 1.29 is 13.2 Å². The van der Waals surface area contributed by atoms with Crippen LogP contribution in [0.15, 0.2) is 85.2 Å². The summed E-state index contributed by atoms with van der Waals surface area (Å²) in [7, 11) is 0. The quantitative estimate of drug-likeness (QED) is 0.366. The largest absolute Gasteiger partial charge is 0.416 e. The van der Waals surface area contributed by atoms with E-state index in [9.17, 15) is 13.2 Å². The minimum Gasteiger partial charge on any atom is -0.355 e. The molecule has 156 valence electrons. The Bertz CT molecular complexity index is 1190. The number of benzene rings is 3. The number of alkyl halides is 3. The van der Waals surface area contributed by atoms with E-state index in [0.29, 0.717) is 17.2 Å². The average molecular weight is 420 g/mol. The van der Waals surface area contributed by atoms with Gasteiger partial charge in [0.2, 0.25) is 0 Å². The van der Waals surface area contributed by atoms with Gasteiger partial charge < -0.3 is 10.6 Å². The van der Waals surface area contributed by atoms with Gasteiger partial charge in [-0.1, -0.05) is 36.4 Å². The Kier molecular flexibility index (Phi) is 5.58. The first-order valence-corrected chi connectivity index (χ1v) is 9.58. The van der Waals surface area contributed by atoms with Crippen LogP contribution in [0.25, 0.3) is 11.3 Å². The van der Waals surface area contributed by atoms with Crippen molar-refractivity contribution in [2.24, 2.45) is 0 Å². The van der Waals surface area contributed by atoms with E-state index in [4.69, 9.17) is 0 Å². The summed E-state index contributed by atoms with van der Waals surface area (Å²) in [4.78, 5) is 8.58. The summed E-state index contributed by atoms with van der Waals surface area (Å²) in [5.41, 5.74) is 4.36. The lowest BCUT2D eigenvalue weighted by Crippen LogP contribution is -2.04. The predicted octanol–water partition coefficient (Wildman–Crippen LogP) is 6.96. The molecule has 4 nitrogen and oxygen atoms in total. The van der Waals surface area contributed by atoms with E-state index in [0.717, 1.165) is 34.6 Å². The highest BCUT2D eigenvalue weighted by Crippen LogP contribution is 2.32. The maximum absolute atomic E-state index is 12.8. The summed E-state index contributed by atoms with van der Waals surface area (Å²) in [5.74, 6) is 0.482. The van der Waals surface area contributed by atoms with Gasteiger partial charge in [0.05, 0.1) is 11.3 Å². The minimum atomic E-state index is -4.37. The Morgan fingerprint density at radius 3 is 2.13 bits per heavy atom. The first-order valence-electron chi connectivity index (χ1n) is 9.58. The van der Waals surface area contributed by atoms with Gasteiger partial charge in [0, 0.05) is 28.7 Å². The molecule has 4 rings (SSSR count). The molecule has 0 bridgehead atoms. The van der Waals surface area contributed by atoms with Gasteiger partial charge in [-0.25, -0.2) is 9.97 Å². The Hall–Kier alpha value is -3.87. The second-order valence-electron chi connectivity index (χ2n) is 6.97. The molecular weight excluding hydrogens is 401 g/mol. The van der Waals surface area contributed by atoms with Crippen LogP contribution in [0.3, 0.4) is 0 Å². The summed E-state index contributed by atoms with van der Waals surface area (Å²) in [5, 5.41) is 6.47. The fourth-order valence-electron chi connectivity index (χ4n) is 3.14. The molecule has 0 radical (unpaired) electrons. The molecule has 1 heterocycles. The van der Waals surface area contributed by atoms with Crippen molar-refractivity contribution >= 4 is 22.9 Å². The number of para-hydroxylation sites is 2. The fraction of sp³-hybridized carbons (Fsp3) is 0.0833. The summed E-state index contributed by atoms with van der Waals surface area (Å²) in [6, 6.07) is 22.3. The topological polar surface area (TPSA) is 49.8 Å². The van der Waals surface area contributed by atoms with Crippen molar-refractivity contribution in [1.82, 2.24) is 9.97 Å². The summed E-state index contributed by atoms with van der Waals surface area (Å²) >= 11 is 0. The number of hydrogen-bond donors (Lipinski definition) is 2. The van der Waals surface area contributed by atoms with Crippen LogP contribution in [-0.2, 0) is 6.18 Å². The molecule has 0 atom stereocenters. The standard InChI is InChI=1S/C24H19F3N4/c1-16-6-2-4-8-20(16)31-21-9-5-3-7-19(21)22-14-23(29-15-28-22)30-18-12-10-17(11-13-18)24(25,26)27/h2-15,31H,1H3,(H,28,29,30). The van der Waals surface area contributed by atoms with Gasteiger partial charge in [-0.15, -0.1) is 0 Å². The monoisotopic (exact) mass is 420 g/mol. The van der Waals surface area contributed by atoms with Crippen molar-refractivity contribution in [3.63, 3.8) is 0 Å². The number of nitrogens with zero attached hydrogens (tertiary/aromatic N) is 2. The van der Waals surface area contributed by atoms with Crippen molar-refractivity contribution in [2.75, 3.05) is 10.6 Å². The highest BCUT2D eigenvalue weighted by Gasteiger charge is 2.29.